The van der Waals surface area contributed by atoms with Crippen LogP contribution < -0.4 is 0 Å². The van der Waals surface area contributed by atoms with Crippen molar-refractivity contribution in [1.29, 1.82) is 0 Å². The summed E-state index contributed by atoms with van der Waals surface area (Å²) in [6, 6.07) is 0. The molecule has 0 amide bonds. The van der Waals surface area contributed by atoms with Gasteiger partial charge in [-0.1, -0.05) is 0 Å². The van der Waals surface area contributed by atoms with E-state index in [1.54, 1.807) is 0 Å². The van der Waals surface area contributed by atoms with E-state index >= 15 is 0 Å². The molecule has 1 rings (SSSR count). The summed E-state index contributed by atoms with van der Waals surface area (Å²) in [5, 5.41) is 0. The van der Waals surface area contributed by atoms with Crippen molar-refractivity contribution in [2.75, 3.05) is 6.61 Å². The number of rotatable bonds is 12. The van der Waals surface area contributed by atoms with Gasteiger partial charge in [-0.05, 0) is 98.2 Å². The first-order valence-electron chi connectivity index (χ1n) is 12.0. The average Bonchev–Trinajstić information content (AvgIpc) is 2.74. The molecule has 32 heavy (non-hydrogen) atoms. The number of ether oxygens (including phenoxy) is 1. The van der Waals surface area contributed by atoms with Gasteiger partial charge in [-0.3, -0.25) is 0 Å². The van der Waals surface area contributed by atoms with E-state index in [0.29, 0.717) is 6.61 Å². The summed E-state index contributed by atoms with van der Waals surface area (Å²) < 4.78 is 39.7. The Labute approximate surface area is 203 Å². The van der Waals surface area contributed by atoms with Gasteiger partial charge >= 0.3 is 0 Å². The number of hydrogen-bond acceptors (Lipinski definition) is 6. The summed E-state index contributed by atoms with van der Waals surface area (Å²) in [4.78, 5) is 0. The third-order valence-electron chi connectivity index (χ3n) is 4.21. The Balaban J connectivity index is 3.41. The molecule has 1 aliphatic heterocycles. The molecule has 1 heterocycles. The fourth-order valence-corrected chi connectivity index (χ4v) is 8.26. The fraction of sp³-hybridized carbons (Fsp3) is 1.00. The molecule has 0 saturated carbocycles. The minimum atomic E-state index is -1.90. The van der Waals surface area contributed by atoms with Crippen molar-refractivity contribution in [2.45, 2.75) is 129 Å². The highest BCUT2D eigenvalue weighted by molar-refractivity contribution is 6.71. The lowest BCUT2D eigenvalue weighted by molar-refractivity contribution is -0.134. The lowest BCUT2D eigenvalue weighted by Gasteiger charge is -2.38. The van der Waals surface area contributed by atoms with E-state index in [1.807, 2.05) is 0 Å². The molecule has 5 atom stereocenters. The van der Waals surface area contributed by atoms with E-state index in [0.717, 1.165) is 0 Å². The van der Waals surface area contributed by atoms with Gasteiger partial charge in [0.1, 0.15) is 18.3 Å². The Morgan fingerprint density at radius 2 is 1.00 bits per heavy atom. The summed E-state index contributed by atoms with van der Waals surface area (Å²) in [5.41, 5.74) is 0. The van der Waals surface area contributed by atoms with E-state index in [4.69, 9.17) is 26.9 Å². The van der Waals surface area contributed by atoms with Gasteiger partial charge in [0.2, 0.25) is 0 Å². The van der Waals surface area contributed by atoms with Crippen LogP contribution in [0.15, 0.2) is 0 Å². The molecule has 0 spiro atoms. The fourth-order valence-electron chi connectivity index (χ4n) is 3.45. The predicted octanol–water partition coefficient (Wildman–Crippen LogP) is 6.07. The van der Waals surface area contributed by atoms with Crippen molar-refractivity contribution in [3.63, 3.8) is 0 Å². The lowest BCUT2D eigenvalue weighted by Crippen LogP contribution is -2.53. The van der Waals surface area contributed by atoms with E-state index in [9.17, 15) is 0 Å². The second-order valence-electron chi connectivity index (χ2n) is 13.8. The zero-order chi connectivity index (χ0) is 25.3. The maximum absolute atomic E-state index is 6.78. The van der Waals surface area contributed by atoms with E-state index in [1.165, 1.54) is 0 Å². The highest BCUT2D eigenvalue weighted by atomic mass is 28.4. The summed E-state index contributed by atoms with van der Waals surface area (Å²) in [6.07, 6.45) is -1.43. The molecule has 0 radical (unpaired) electrons. The van der Waals surface area contributed by atoms with Gasteiger partial charge in [-0.25, -0.2) is 0 Å². The molecule has 11 heteroatoms. The molecule has 1 saturated heterocycles. The average molecular weight is 541 g/mol. The van der Waals surface area contributed by atoms with E-state index in [-0.39, 0.29) is 24.4 Å². The molecule has 0 aromatic rings. The van der Waals surface area contributed by atoms with Gasteiger partial charge in [0.15, 0.2) is 47.9 Å². The zero-order valence-electron chi connectivity index (χ0n) is 23.5. The smallest absolute Gasteiger partial charge is 0.187 e. The maximum Gasteiger partial charge on any atom is 0.187 e. The molecule has 5 unspecified atom stereocenters. The lowest BCUT2D eigenvalue weighted by atomic mass is 10.1. The quantitative estimate of drug-likeness (QED) is 0.280. The van der Waals surface area contributed by atoms with Gasteiger partial charge in [-0.15, -0.1) is 0 Å². The van der Waals surface area contributed by atoms with Crippen LogP contribution in [-0.2, 0) is 26.9 Å². The van der Waals surface area contributed by atoms with Crippen LogP contribution in [-0.4, -0.2) is 78.9 Å². The van der Waals surface area contributed by atoms with Crippen molar-refractivity contribution in [1.82, 2.24) is 0 Å². The molecule has 0 bridgehead atoms. The molecule has 0 N–H and O–H groups in total. The monoisotopic (exact) mass is 540 g/mol. The van der Waals surface area contributed by atoms with Crippen molar-refractivity contribution < 1.29 is 26.9 Å². The molecule has 1 aliphatic rings. The van der Waals surface area contributed by atoms with Crippen molar-refractivity contribution in [2.24, 2.45) is 0 Å². The summed E-state index contributed by atoms with van der Waals surface area (Å²) >= 11 is 0. The maximum atomic E-state index is 6.78. The highest BCUT2D eigenvalue weighted by Crippen LogP contribution is 2.36. The Kier molecular flexibility index (Phi) is 10.5. The van der Waals surface area contributed by atoms with Crippen LogP contribution in [0.25, 0.3) is 0 Å². The first kappa shape index (κ1) is 30.9. The normalized spacial score (nSPS) is 27.1. The molecule has 0 aliphatic carbocycles. The van der Waals surface area contributed by atoms with Gasteiger partial charge in [0, 0.05) is 0 Å². The van der Waals surface area contributed by atoms with Crippen molar-refractivity contribution >= 4 is 41.6 Å². The SMILES string of the molecule is C[Si](C)(C)OCC(O[Si](C)(C)C)C1OC(O[Si](C)(C)C)C(O[Si](C)(C)C)C1O[Si](C)(C)C. The summed E-state index contributed by atoms with van der Waals surface area (Å²) in [7, 11) is -9.25. The molecule has 0 aromatic carbocycles. The standard InChI is InChI=1S/C21H52O6Si5/c1-28(2,3)22-16-17(24-29(4,5)6)18-19(25-30(7,8)9)20(26-31(10,11)12)21(23-18)27-32(13,14)15/h17-21H,16H2,1-15H3. The topological polar surface area (TPSA) is 55.4 Å². The molecule has 192 valence electrons. The Bertz CT molecular complexity index is 586. The molecule has 0 aromatic heterocycles. The third-order valence-corrected chi connectivity index (χ3v) is 9.15. The molecule has 1 fully saturated rings. The van der Waals surface area contributed by atoms with Crippen LogP contribution in [0, 0.1) is 0 Å². The van der Waals surface area contributed by atoms with Gasteiger partial charge in [0.25, 0.3) is 0 Å². The first-order chi connectivity index (χ1) is 14.0. The second-order valence-corrected chi connectivity index (χ2v) is 36.1. The largest absolute Gasteiger partial charge is 0.415 e. The highest BCUT2D eigenvalue weighted by Gasteiger charge is 2.54. The third kappa shape index (κ3) is 12.5. The first-order valence-corrected chi connectivity index (χ1v) is 29.0. The summed E-state index contributed by atoms with van der Waals surface area (Å²) in [6.45, 7) is 33.6. The van der Waals surface area contributed by atoms with Gasteiger partial charge < -0.3 is 26.9 Å². The van der Waals surface area contributed by atoms with Crippen LogP contribution in [0.4, 0.5) is 0 Å². The minimum absolute atomic E-state index is 0.210. The Morgan fingerprint density at radius 1 is 0.562 bits per heavy atom. The van der Waals surface area contributed by atoms with Crippen molar-refractivity contribution in [3.05, 3.63) is 0 Å². The van der Waals surface area contributed by atoms with Crippen LogP contribution >= 0.6 is 0 Å². The number of hydrogen-bond donors (Lipinski definition) is 0. The zero-order valence-corrected chi connectivity index (χ0v) is 28.5. The van der Waals surface area contributed by atoms with Crippen LogP contribution in [0.5, 0.6) is 0 Å². The van der Waals surface area contributed by atoms with Crippen LogP contribution in [0.1, 0.15) is 0 Å². The minimum Gasteiger partial charge on any atom is -0.415 e. The van der Waals surface area contributed by atoms with E-state index in [2.05, 4.69) is 98.2 Å². The van der Waals surface area contributed by atoms with Crippen molar-refractivity contribution in [3.8, 4) is 0 Å². The van der Waals surface area contributed by atoms with E-state index < -0.39 is 47.9 Å². The van der Waals surface area contributed by atoms with Crippen LogP contribution in [0.2, 0.25) is 98.2 Å². The molecular formula is C21H52O6Si5. The molecular weight excluding hydrogens is 489 g/mol. The molecule has 6 nitrogen and oxygen atoms in total. The second kappa shape index (κ2) is 10.8. The Hall–Kier alpha value is 0.844. The van der Waals surface area contributed by atoms with Gasteiger partial charge in [-0.2, -0.15) is 0 Å². The predicted molar refractivity (Wildman–Crippen MR) is 147 cm³/mol. The van der Waals surface area contributed by atoms with Gasteiger partial charge in [0.05, 0.1) is 12.7 Å². The summed E-state index contributed by atoms with van der Waals surface area (Å²) in [5.74, 6) is 0. The van der Waals surface area contributed by atoms with Crippen LogP contribution in [0.3, 0.4) is 0 Å². The Morgan fingerprint density at radius 3 is 1.38 bits per heavy atom.